The van der Waals surface area contributed by atoms with Crippen LogP contribution in [-0.4, -0.2) is 55.5 Å². The van der Waals surface area contributed by atoms with Crippen molar-refractivity contribution in [1.82, 2.24) is 29.5 Å². The Morgan fingerprint density at radius 2 is 1.96 bits per heavy atom. The first kappa shape index (κ1) is 17.1. The maximum absolute atomic E-state index is 12.7. The SMILES string of the molecule is CN1Cc2c(-c3noc(CN4CCCCC4)n3)ncn2-c2ccccc2C1=O. The van der Waals surface area contributed by atoms with Gasteiger partial charge in [0.05, 0.1) is 30.0 Å². The molecule has 0 radical (unpaired) electrons. The molecule has 0 saturated carbocycles. The van der Waals surface area contributed by atoms with Crippen molar-refractivity contribution in [3.63, 3.8) is 0 Å². The van der Waals surface area contributed by atoms with Crippen molar-refractivity contribution in [3.05, 3.63) is 47.7 Å². The molecule has 1 saturated heterocycles. The van der Waals surface area contributed by atoms with Crippen LogP contribution in [0.3, 0.4) is 0 Å². The van der Waals surface area contributed by atoms with Gasteiger partial charge in [-0.2, -0.15) is 4.98 Å². The van der Waals surface area contributed by atoms with Crippen molar-refractivity contribution >= 4 is 5.91 Å². The quantitative estimate of drug-likeness (QED) is 0.697. The smallest absolute Gasteiger partial charge is 0.256 e. The molecular weight excluding hydrogens is 356 g/mol. The molecule has 0 spiro atoms. The van der Waals surface area contributed by atoms with E-state index in [2.05, 4.69) is 20.0 Å². The average Bonchev–Trinajstić information content (AvgIpc) is 3.32. The number of amides is 1. The number of piperidine rings is 1. The van der Waals surface area contributed by atoms with E-state index in [1.807, 2.05) is 28.8 Å². The molecule has 5 rings (SSSR count). The number of hydrogen-bond acceptors (Lipinski definition) is 6. The highest BCUT2D eigenvalue weighted by atomic mass is 16.5. The minimum atomic E-state index is -0.0100. The summed E-state index contributed by atoms with van der Waals surface area (Å²) in [5, 5.41) is 4.17. The molecule has 0 atom stereocenters. The standard InChI is InChI=1S/C20H22N6O2/c1-24-11-16-18(19-22-17(28-23-19)12-25-9-5-2-6-10-25)21-13-26(16)15-8-4-3-7-14(15)20(24)27/h3-4,7-8,13H,2,5-6,9-12H2,1H3. The molecule has 144 valence electrons. The van der Waals surface area contributed by atoms with E-state index in [-0.39, 0.29) is 5.91 Å². The lowest BCUT2D eigenvalue weighted by Crippen LogP contribution is -2.29. The molecule has 1 amide bonds. The summed E-state index contributed by atoms with van der Waals surface area (Å²) in [5.74, 6) is 1.07. The van der Waals surface area contributed by atoms with Gasteiger partial charge in [0.2, 0.25) is 11.7 Å². The third-order valence-corrected chi connectivity index (χ3v) is 5.48. The Morgan fingerprint density at radius 3 is 2.82 bits per heavy atom. The lowest BCUT2D eigenvalue weighted by molar-refractivity contribution is 0.0788. The van der Waals surface area contributed by atoms with Gasteiger partial charge in [-0.05, 0) is 38.1 Å². The van der Waals surface area contributed by atoms with Gasteiger partial charge in [0.1, 0.15) is 12.0 Å². The first-order chi connectivity index (χ1) is 13.7. The molecule has 2 aliphatic heterocycles. The Labute approximate surface area is 162 Å². The van der Waals surface area contributed by atoms with Crippen LogP contribution in [0.2, 0.25) is 0 Å². The molecule has 2 aromatic heterocycles. The van der Waals surface area contributed by atoms with E-state index in [1.165, 1.54) is 19.3 Å². The lowest BCUT2D eigenvalue weighted by atomic mass is 10.1. The maximum atomic E-state index is 12.7. The van der Waals surface area contributed by atoms with E-state index < -0.39 is 0 Å². The molecule has 8 heteroatoms. The largest absolute Gasteiger partial charge is 0.337 e. The van der Waals surface area contributed by atoms with Crippen LogP contribution in [0.1, 0.15) is 41.2 Å². The molecule has 1 aromatic carbocycles. The summed E-state index contributed by atoms with van der Waals surface area (Å²) < 4.78 is 7.45. The summed E-state index contributed by atoms with van der Waals surface area (Å²) in [6, 6.07) is 7.57. The van der Waals surface area contributed by atoms with Gasteiger partial charge in [0.15, 0.2) is 0 Å². The lowest BCUT2D eigenvalue weighted by Gasteiger charge is -2.24. The first-order valence-corrected chi connectivity index (χ1v) is 9.67. The summed E-state index contributed by atoms with van der Waals surface area (Å²) in [6.07, 6.45) is 5.46. The third kappa shape index (κ3) is 2.90. The molecule has 2 aliphatic rings. The Bertz CT molecular complexity index is 1020. The van der Waals surface area contributed by atoms with Crippen molar-refractivity contribution in [3.8, 4) is 17.2 Å². The molecule has 1 fully saturated rings. The van der Waals surface area contributed by atoms with Gasteiger partial charge in [0.25, 0.3) is 5.91 Å². The number of imidazole rings is 1. The fourth-order valence-corrected chi connectivity index (χ4v) is 4.01. The zero-order valence-corrected chi connectivity index (χ0v) is 15.8. The monoisotopic (exact) mass is 378 g/mol. The van der Waals surface area contributed by atoms with Crippen LogP contribution in [0.15, 0.2) is 35.1 Å². The topological polar surface area (TPSA) is 80.3 Å². The number of aromatic nitrogens is 4. The zero-order chi connectivity index (χ0) is 19.1. The normalized spacial score (nSPS) is 17.3. The zero-order valence-electron chi connectivity index (χ0n) is 15.8. The van der Waals surface area contributed by atoms with Gasteiger partial charge in [-0.15, -0.1) is 0 Å². The fourth-order valence-electron chi connectivity index (χ4n) is 4.01. The molecule has 0 N–H and O–H groups in total. The molecule has 28 heavy (non-hydrogen) atoms. The average molecular weight is 378 g/mol. The fraction of sp³-hybridized carbons (Fsp3) is 0.400. The van der Waals surface area contributed by atoms with Crippen LogP contribution in [0, 0.1) is 0 Å². The van der Waals surface area contributed by atoms with Crippen LogP contribution in [0.5, 0.6) is 0 Å². The van der Waals surface area contributed by atoms with E-state index in [4.69, 9.17) is 4.52 Å². The number of carbonyl (C=O) groups is 1. The number of para-hydroxylation sites is 1. The second-order valence-corrected chi connectivity index (χ2v) is 7.44. The van der Waals surface area contributed by atoms with E-state index in [1.54, 1.807) is 18.3 Å². The van der Waals surface area contributed by atoms with Gasteiger partial charge >= 0.3 is 0 Å². The summed E-state index contributed by atoms with van der Waals surface area (Å²) in [4.78, 5) is 25.9. The summed E-state index contributed by atoms with van der Waals surface area (Å²) in [5.41, 5.74) is 3.02. The molecule has 0 bridgehead atoms. The minimum absolute atomic E-state index is 0.0100. The molecular formula is C20H22N6O2. The molecule has 8 nitrogen and oxygen atoms in total. The van der Waals surface area contributed by atoms with Crippen LogP contribution in [-0.2, 0) is 13.1 Å². The number of benzene rings is 1. The van der Waals surface area contributed by atoms with E-state index in [9.17, 15) is 4.79 Å². The first-order valence-electron chi connectivity index (χ1n) is 9.67. The second-order valence-electron chi connectivity index (χ2n) is 7.44. The van der Waals surface area contributed by atoms with Gasteiger partial charge < -0.3 is 9.42 Å². The Balaban J connectivity index is 1.49. The number of fused-ring (bicyclic) bond motifs is 3. The highest BCUT2D eigenvalue weighted by Crippen LogP contribution is 2.29. The minimum Gasteiger partial charge on any atom is -0.337 e. The number of likely N-dealkylation sites (tertiary alicyclic amines) is 1. The van der Waals surface area contributed by atoms with Gasteiger partial charge in [0, 0.05) is 7.05 Å². The molecule has 3 aromatic rings. The van der Waals surface area contributed by atoms with Crippen molar-refractivity contribution in [2.45, 2.75) is 32.4 Å². The summed E-state index contributed by atoms with van der Waals surface area (Å²) in [6.45, 7) is 3.24. The van der Waals surface area contributed by atoms with Crippen LogP contribution in [0.4, 0.5) is 0 Å². The summed E-state index contributed by atoms with van der Waals surface area (Å²) >= 11 is 0. The van der Waals surface area contributed by atoms with Crippen molar-refractivity contribution in [2.75, 3.05) is 20.1 Å². The Kier molecular flexibility index (Phi) is 4.20. The van der Waals surface area contributed by atoms with Crippen molar-refractivity contribution in [2.24, 2.45) is 0 Å². The van der Waals surface area contributed by atoms with Gasteiger partial charge in [-0.3, -0.25) is 14.3 Å². The molecule has 0 unspecified atom stereocenters. The maximum Gasteiger partial charge on any atom is 0.256 e. The van der Waals surface area contributed by atoms with Crippen LogP contribution < -0.4 is 0 Å². The van der Waals surface area contributed by atoms with E-state index in [0.717, 1.165) is 24.5 Å². The van der Waals surface area contributed by atoms with E-state index in [0.29, 0.717) is 36.1 Å². The van der Waals surface area contributed by atoms with E-state index >= 15 is 0 Å². The second kappa shape index (κ2) is 6.87. The van der Waals surface area contributed by atoms with Crippen molar-refractivity contribution < 1.29 is 9.32 Å². The highest BCUT2D eigenvalue weighted by molar-refractivity contribution is 5.98. The summed E-state index contributed by atoms with van der Waals surface area (Å²) in [7, 11) is 1.80. The predicted molar refractivity (Wildman–Crippen MR) is 102 cm³/mol. The molecule has 0 aliphatic carbocycles. The van der Waals surface area contributed by atoms with Crippen LogP contribution >= 0.6 is 0 Å². The van der Waals surface area contributed by atoms with Gasteiger partial charge in [-0.25, -0.2) is 4.98 Å². The number of nitrogens with zero attached hydrogens (tertiary/aromatic N) is 6. The number of rotatable bonds is 3. The Hall–Kier alpha value is -3.00. The van der Waals surface area contributed by atoms with Crippen LogP contribution in [0.25, 0.3) is 17.2 Å². The number of carbonyl (C=O) groups excluding carboxylic acids is 1. The van der Waals surface area contributed by atoms with Crippen molar-refractivity contribution in [1.29, 1.82) is 0 Å². The number of hydrogen-bond donors (Lipinski definition) is 0. The molecule has 4 heterocycles. The Morgan fingerprint density at radius 1 is 1.14 bits per heavy atom. The van der Waals surface area contributed by atoms with Gasteiger partial charge in [-0.1, -0.05) is 23.7 Å². The highest BCUT2D eigenvalue weighted by Gasteiger charge is 2.28. The third-order valence-electron chi connectivity index (χ3n) is 5.48. The predicted octanol–water partition coefficient (Wildman–Crippen LogP) is 2.49.